The predicted octanol–water partition coefficient (Wildman–Crippen LogP) is 0.186. The summed E-state index contributed by atoms with van der Waals surface area (Å²) in [5.41, 5.74) is 12.7. The van der Waals surface area contributed by atoms with Crippen LogP contribution in [0.15, 0.2) is 29.0 Å². The summed E-state index contributed by atoms with van der Waals surface area (Å²) in [7, 11) is 0. The van der Waals surface area contributed by atoms with Crippen molar-refractivity contribution in [1.29, 1.82) is 0 Å². The molecular weight excluding hydrogens is 274 g/mol. The molecule has 110 valence electrons. The molecule has 0 aliphatic carbocycles. The predicted molar refractivity (Wildman–Crippen MR) is 74.9 cm³/mol. The number of nitrogens with one attached hydrogen (secondary N) is 1. The average Bonchev–Trinajstić information content (AvgIpc) is 2.94. The largest absolute Gasteiger partial charge is 0.423 e. The van der Waals surface area contributed by atoms with Gasteiger partial charge in [-0.1, -0.05) is 6.07 Å². The molecule has 2 rings (SSSR count). The summed E-state index contributed by atoms with van der Waals surface area (Å²) in [6.07, 6.45) is 1.00. The summed E-state index contributed by atoms with van der Waals surface area (Å²) in [5, 5.41) is 10.0. The number of aromatic nitrogens is 2. The van der Waals surface area contributed by atoms with Crippen molar-refractivity contribution in [2.75, 3.05) is 5.32 Å². The molecule has 1 aromatic carbocycles. The Morgan fingerprint density at radius 3 is 2.81 bits per heavy atom. The third kappa shape index (κ3) is 3.63. The fourth-order valence-corrected chi connectivity index (χ4v) is 1.72. The summed E-state index contributed by atoms with van der Waals surface area (Å²) in [6.45, 7) is 1.83. The summed E-state index contributed by atoms with van der Waals surface area (Å²) in [5.74, 6) is -0.777. The Kier molecular flexibility index (Phi) is 4.29. The molecule has 21 heavy (non-hydrogen) atoms. The van der Waals surface area contributed by atoms with Gasteiger partial charge in [-0.25, -0.2) is 0 Å². The van der Waals surface area contributed by atoms with E-state index < -0.39 is 17.9 Å². The van der Waals surface area contributed by atoms with E-state index in [1.807, 2.05) is 6.92 Å². The van der Waals surface area contributed by atoms with Gasteiger partial charge in [0, 0.05) is 11.3 Å². The first-order chi connectivity index (χ1) is 9.97. The summed E-state index contributed by atoms with van der Waals surface area (Å²) in [4.78, 5) is 22.7. The second kappa shape index (κ2) is 6.14. The molecule has 8 nitrogen and oxygen atoms in total. The van der Waals surface area contributed by atoms with E-state index in [1.54, 1.807) is 18.2 Å². The number of benzene rings is 1. The number of nitrogens with two attached hydrogens (primary N) is 2. The van der Waals surface area contributed by atoms with Gasteiger partial charge in [0.2, 0.25) is 24.1 Å². The number of aryl methyl sites for hydroxylation is 1. The van der Waals surface area contributed by atoms with Crippen LogP contribution in [0.3, 0.4) is 0 Å². The number of hydrogen-bond donors (Lipinski definition) is 3. The maximum Gasteiger partial charge on any atom is 0.247 e. The van der Waals surface area contributed by atoms with E-state index in [0.717, 1.165) is 5.56 Å². The SMILES string of the molecule is Cc1ccc(-c2nnco2)cc1NC(=O)C(N)CC(N)=O. The van der Waals surface area contributed by atoms with Crippen LogP contribution in [0, 0.1) is 6.92 Å². The number of rotatable bonds is 5. The second-order valence-corrected chi connectivity index (χ2v) is 4.54. The number of hydrogen-bond acceptors (Lipinski definition) is 6. The molecule has 2 amide bonds. The Hall–Kier alpha value is -2.74. The normalized spacial score (nSPS) is 11.9. The first kappa shape index (κ1) is 14.7. The minimum atomic E-state index is -0.992. The number of carbonyl (C=O) groups excluding carboxylic acids is 2. The molecule has 2 aromatic rings. The zero-order chi connectivity index (χ0) is 15.4. The zero-order valence-corrected chi connectivity index (χ0v) is 11.4. The Morgan fingerprint density at radius 2 is 2.19 bits per heavy atom. The van der Waals surface area contributed by atoms with Crippen LogP contribution >= 0.6 is 0 Å². The van der Waals surface area contributed by atoms with Crippen molar-refractivity contribution in [3.8, 4) is 11.5 Å². The molecule has 1 aromatic heterocycles. The fraction of sp³-hybridized carbons (Fsp3) is 0.231. The van der Waals surface area contributed by atoms with E-state index in [0.29, 0.717) is 17.1 Å². The van der Waals surface area contributed by atoms with Crippen LogP contribution in [-0.4, -0.2) is 28.1 Å². The van der Waals surface area contributed by atoms with Crippen molar-refractivity contribution in [2.24, 2.45) is 11.5 Å². The van der Waals surface area contributed by atoms with Gasteiger partial charge in [0.25, 0.3) is 0 Å². The first-order valence-electron chi connectivity index (χ1n) is 6.19. The van der Waals surface area contributed by atoms with Gasteiger partial charge in [0.05, 0.1) is 12.5 Å². The lowest BCUT2D eigenvalue weighted by atomic mass is 10.1. The van der Waals surface area contributed by atoms with E-state index in [-0.39, 0.29) is 6.42 Å². The van der Waals surface area contributed by atoms with Crippen molar-refractivity contribution < 1.29 is 14.0 Å². The number of primary amides is 1. The number of carbonyl (C=O) groups is 2. The smallest absolute Gasteiger partial charge is 0.247 e. The maximum atomic E-state index is 11.9. The molecule has 0 fully saturated rings. The highest BCUT2D eigenvalue weighted by molar-refractivity contribution is 5.98. The van der Waals surface area contributed by atoms with Gasteiger partial charge >= 0.3 is 0 Å². The minimum absolute atomic E-state index is 0.214. The third-order valence-electron chi connectivity index (χ3n) is 2.86. The molecule has 0 saturated carbocycles. The Bertz CT molecular complexity index is 654. The van der Waals surface area contributed by atoms with Crippen LogP contribution in [0.2, 0.25) is 0 Å². The van der Waals surface area contributed by atoms with Crippen LogP contribution < -0.4 is 16.8 Å². The molecule has 0 saturated heterocycles. The van der Waals surface area contributed by atoms with E-state index >= 15 is 0 Å². The van der Waals surface area contributed by atoms with E-state index in [2.05, 4.69) is 15.5 Å². The van der Waals surface area contributed by atoms with Crippen LogP contribution in [0.1, 0.15) is 12.0 Å². The Balaban J connectivity index is 2.18. The lowest BCUT2D eigenvalue weighted by Crippen LogP contribution is -2.39. The van der Waals surface area contributed by atoms with Gasteiger partial charge in [-0.15, -0.1) is 10.2 Å². The van der Waals surface area contributed by atoms with Crippen LogP contribution in [0.5, 0.6) is 0 Å². The molecule has 8 heteroatoms. The highest BCUT2D eigenvalue weighted by atomic mass is 16.4. The Labute approximate surface area is 120 Å². The number of nitrogens with zero attached hydrogens (tertiary/aromatic N) is 2. The molecule has 0 spiro atoms. The number of anilines is 1. The van der Waals surface area contributed by atoms with Gasteiger partial charge in [-0.05, 0) is 24.6 Å². The molecule has 5 N–H and O–H groups in total. The van der Waals surface area contributed by atoms with Crippen molar-refractivity contribution in [3.63, 3.8) is 0 Å². The zero-order valence-electron chi connectivity index (χ0n) is 11.4. The summed E-state index contributed by atoms with van der Waals surface area (Å²) >= 11 is 0. The molecule has 0 radical (unpaired) electrons. The molecule has 0 bridgehead atoms. The molecule has 1 heterocycles. The van der Waals surface area contributed by atoms with Crippen LogP contribution in [0.25, 0.3) is 11.5 Å². The quantitative estimate of drug-likeness (QED) is 0.718. The van der Waals surface area contributed by atoms with E-state index in [1.165, 1.54) is 6.39 Å². The van der Waals surface area contributed by atoms with Crippen LogP contribution in [-0.2, 0) is 9.59 Å². The lowest BCUT2D eigenvalue weighted by Gasteiger charge is -2.13. The van der Waals surface area contributed by atoms with Gasteiger partial charge < -0.3 is 21.2 Å². The molecule has 0 aliphatic heterocycles. The molecule has 1 unspecified atom stereocenters. The second-order valence-electron chi connectivity index (χ2n) is 4.54. The van der Waals surface area contributed by atoms with Gasteiger partial charge in [-0.2, -0.15) is 0 Å². The minimum Gasteiger partial charge on any atom is -0.423 e. The number of amides is 2. The Morgan fingerprint density at radius 1 is 1.43 bits per heavy atom. The molecular formula is C13H15N5O3. The summed E-state index contributed by atoms with van der Waals surface area (Å²) < 4.78 is 5.10. The lowest BCUT2D eigenvalue weighted by molar-refractivity contribution is -0.123. The topological polar surface area (TPSA) is 137 Å². The molecule has 0 aliphatic rings. The van der Waals surface area contributed by atoms with E-state index in [9.17, 15) is 9.59 Å². The first-order valence-corrected chi connectivity index (χ1v) is 6.19. The monoisotopic (exact) mass is 289 g/mol. The van der Waals surface area contributed by atoms with Gasteiger partial charge in [-0.3, -0.25) is 9.59 Å². The van der Waals surface area contributed by atoms with Crippen molar-refractivity contribution >= 4 is 17.5 Å². The van der Waals surface area contributed by atoms with Gasteiger partial charge in [0.15, 0.2) is 0 Å². The highest BCUT2D eigenvalue weighted by Crippen LogP contribution is 2.23. The summed E-state index contributed by atoms with van der Waals surface area (Å²) in [6, 6.07) is 4.29. The standard InChI is InChI=1S/C13H15N5O3/c1-7-2-3-8(13-18-16-6-21-13)4-10(7)17-12(20)9(14)5-11(15)19/h2-4,6,9H,5,14H2,1H3,(H2,15,19)(H,17,20). The van der Waals surface area contributed by atoms with Crippen molar-refractivity contribution in [1.82, 2.24) is 10.2 Å². The average molecular weight is 289 g/mol. The molecule has 1 atom stereocenters. The van der Waals surface area contributed by atoms with Gasteiger partial charge in [0.1, 0.15) is 0 Å². The highest BCUT2D eigenvalue weighted by Gasteiger charge is 2.17. The van der Waals surface area contributed by atoms with Crippen molar-refractivity contribution in [3.05, 3.63) is 30.2 Å². The maximum absolute atomic E-state index is 11.9. The van der Waals surface area contributed by atoms with Crippen molar-refractivity contribution in [2.45, 2.75) is 19.4 Å². The fourth-order valence-electron chi connectivity index (χ4n) is 1.72. The van der Waals surface area contributed by atoms with E-state index in [4.69, 9.17) is 15.9 Å². The third-order valence-corrected chi connectivity index (χ3v) is 2.86. The van der Waals surface area contributed by atoms with Crippen LogP contribution in [0.4, 0.5) is 5.69 Å².